The minimum Gasteiger partial charge on any atom is -0.257 e. The van der Waals surface area contributed by atoms with Crippen LogP contribution in [0.25, 0.3) is 28.4 Å². The average Bonchev–Trinajstić information content (AvgIpc) is 2.65. The Labute approximate surface area is 157 Å². The maximum atomic E-state index is 8.49. The van der Waals surface area contributed by atoms with E-state index in [4.69, 9.17) is 18.6 Å². The van der Waals surface area contributed by atoms with Crippen LogP contribution >= 0.6 is 0 Å². The summed E-state index contributed by atoms with van der Waals surface area (Å²) in [4.78, 5) is 4.33. The molecule has 0 amide bonds. The Morgan fingerprint density at radius 3 is 2.26 bits per heavy atom. The number of aromatic nitrogens is 2. The first-order chi connectivity index (χ1) is 12.9. The molecule has 3 aromatic heterocycles. The molecule has 0 fully saturated rings. The Balaban J connectivity index is 0.000000376. The number of halogens is 1. The van der Waals surface area contributed by atoms with Crippen LogP contribution in [0.3, 0.4) is 0 Å². The van der Waals surface area contributed by atoms with Crippen molar-refractivity contribution in [3.8, 4) is 0 Å². The van der Waals surface area contributed by atoms with Gasteiger partial charge in [0.15, 0.2) is 6.20 Å². The van der Waals surface area contributed by atoms with Crippen LogP contribution in [0.5, 0.6) is 0 Å². The normalized spacial score (nSPS) is 11.6. The van der Waals surface area contributed by atoms with Gasteiger partial charge in [0.1, 0.15) is 0 Å². The van der Waals surface area contributed by atoms with Gasteiger partial charge < -0.3 is 0 Å². The second kappa shape index (κ2) is 8.22. The molecule has 0 aliphatic rings. The Hall–Kier alpha value is -2.87. The van der Waals surface area contributed by atoms with Gasteiger partial charge in [-0.1, -0.05) is 24.3 Å². The summed E-state index contributed by atoms with van der Waals surface area (Å²) in [6.45, 7) is 0. The SMILES string of the molecule is C(=C\c1cccc2c3ccccc3cc[n+]12)/c1ccccn1.[O-][Cl+3]([O-])([O-])[O-]. The maximum Gasteiger partial charge on any atom is 0.219 e. The van der Waals surface area contributed by atoms with Gasteiger partial charge in [-0.2, -0.15) is 4.40 Å². The first-order valence-electron chi connectivity index (χ1n) is 7.95. The number of rotatable bonds is 2. The zero-order valence-corrected chi connectivity index (χ0v) is 14.8. The quantitative estimate of drug-likeness (QED) is 0.339. The minimum atomic E-state index is -4.94. The molecule has 0 unspecified atom stereocenters. The lowest BCUT2D eigenvalue weighted by Crippen LogP contribution is -2.68. The van der Waals surface area contributed by atoms with Gasteiger partial charge in [-0.3, -0.25) is 4.98 Å². The Morgan fingerprint density at radius 2 is 1.52 bits per heavy atom. The van der Waals surface area contributed by atoms with Crippen molar-refractivity contribution < 1.29 is 33.3 Å². The molecule has 0 aliphatic heterocycles. The van der Waals surface area contributed by atoms with E-state index in [2.05, 4.69) is 70.2 Å². The van der Waals surface area contributed by atoms with Gasteiger partial charge in [0.25, 0.3) is 0 Å². The van der Waals surface area contributed by atoms with E-state index in [9.17, 15) is 0 Å². The highest BCUT2D eigenvalue weighted by Gasteiger charge is 2.10. The second-order valence-electron chi connectivity index (χ2n) is 5.57. The molecule has 0 N–H and O–H groups in total. The maximum absolute atomic E-state index is 8.49. The van der Waals surface area contributed by atoms with E-state index < -0.39 is 10.2 Å². The van der Waals surface area contributed by atoms with Gasteiger partial charge in [-0.25, -0.2) is 18.6 Å². The first-order valence-corrected chi connectivity index (χ1v) is 9.18. The van der Waals surface area contributed by atoms with Crippen molar-refractivity contribution in [3.05, 3.63) is 90.5 Å². The summed E-state index contributed by atoms with van der Waals surface area (Å²) in [5.74, 6) is 0. The van der Waals surface area contributed by atoms with Crippen molar-refractivity contribution in [1.29, 1.82) is 0 Å². The van der Waals surface area contributed by atoms with Gasteiger partial charge in [0.05, 0.1) is 11.1 Å². The van der Waals surface area contributed by atoms with E-state index in [0.717, 1.165) is 11.4 Å². The summed E-state index contributed by atoms with van der Waals surface area (Å²) in [6.07, 6.45) is 8.07. The molecular formula is C20H15ClN2O4. The van der Waals surface area contributed by atoms with Gasteiger partial charge in [0, 0.05) is 30.5 Å². The zero-order valence-electron chi connectivity index (χ0n) is 14.1. The van der Waals surface area contributed by atoms with Crippen LogP contribution in [0.2, 0.25) is 0 Å². The monoisotopic (exact) mass is 382 g/mol. The third kappa shape index (κ3) is 5.30. The van der Waals surface area contributed by atoms with Crippen molar-refractivity contribution in [2.75, 3.05) is 0 Å². The number of hydrogen-bond donors (Lipinski definition) is 0. The lowest BCUT2D eigenvalue weighted by molar-refractivity contribution is -2.00. The van der Waals surface area contributed by atoms with Gasteiger partial charge in [-0.15, -0.1) is 10.2 Å². The summed E-state index contributed by atoms with van der Waals surface area (Å²) in [6, 6.07) is 22.9. The van der Waals surface area contributed by atoms with E-state index in [1.165, 1.54) is 16.3 Å². The van der Waals surface area contributed by atoms with Crippen LogP contribution < -0.4 is 23.0 Å². The van der Waals surface area contributed by atoms with E-state index in [0.29, 0.717) is 0 Å². The van der Waals surface area contributed by atoms with E-state index in [1.807, 2.05) is 30.5 Å². The molecule has 7 heteroatoms. The summed E-state index contributed by atoms with van der Waals surface area (Å²) >= 11 is 0. The third-order valence-electron chi connectivity index (χ3n) is 3.81. The number of nitrogens with zero attached hydrogens (tertiary/aromatic N) is 2. The molecule has 27 heavy (non-hydrogen) atoms. The summed E-state index contributed by atoms with van der Waals surface area (Å²) < 4.78 is 36.2. The van der Waals surface area contributed by atoms with Crippen molar-refractivity contribution in [3.63, 3.8) is 0 Å². The molecule has 0 spiro atoms. The zero-order chi connectivity index (χ0) is 19.3. The highest BCUT2D eigenvalue weighted by molar-refractivity contribution is 5.93. The van der Waals surface area contributed by atoms with Crippen LogP contribution in [0.4, 0.5) is 0 Å². The van der Waals surface area contributed by atoms with E-state index in [-0.39, 0.29) is 0 Å². The topological polar surface area (TPSA) is 109 Å². The fourth-order valence-electron chi connectivity index (χ4n) is 2.74. The largest absolute Gasteiger partial charge is 0.257 e. The molecule has 6 nitrogen and oxygen atoms in total. The molecule has 0 saturated carbocycles. The highest BCUT2D eigenvalue weighted by atomic mass is 35.7. The minimum absolute atomic E-state index is 0.959. The smallest absolute Gasteiger partial charge is 0.219 e. The number of benzene rings is 1. The van der Waals surface area contributed by atoms with Gasteiger partial charge >= 0.3 is 0 Å². The average molecular weight is 383 g/mol. The van der Waals surface area contributed by atoms with Crippen LogP contribution in [0.1, 0.15) is 11.4 Å². The van der Waals surface area contributed by atoms with Crippen LogP contribution in [-0.2, 0) is 0 Å². The summed E-state index contributed by atoms with van der Waals surface area (Å²) in [5, 5.41) is 2.52. The second-order valence-corrected chi connectivity index (χ2v) is 6.33. The molecule has 1 aromatic carbocycles. The molecule has 0 saturated heterocycles. The predicted octanol–water partition coefficient (Wildman–Crippen LogP) is -0.612. The van der Waals surface area contributed by atoms with E-state index >= 15 is 0 Å². The van der Waals surface area contributed by atoms with E-state index in [1.54, 1.807) is 0 Å². The van der Waals surface area contributed by atoms with Crippen molar-refractivity contribution in [2.24, 2.45) is 0 Å². The number of fused-ring (bicyclic) bond motifs is 3. The van der Waals surface area contributed by atoms with Gasteiger partial charge in [0.2, 0.25) is 11.2 Å². The molecule has 0 atom stereocenters. The predicted molar refractivity (Wildman–Crippen MR) is 90.3 cm³/mol. The molecule has 4 rings (SSSR count). The fraction of sp³-hybridized carbons (Fsp3) is 0. The number of pyridine rings is 3. The van der Waals surface area contributed by atoms with Gasteiger partial charge in [-0.05, 0) is 35.7 Å². The number of hydrogen-bond acceptors (Lipinski definition) is 5. The molecule has 4 aromatic rings. The molecule has 136 valence electrons. The summed E-state index contributed by atoms with van der Waals surface area (Å²) in [5.41, 5.74) is 3.30. The Kier molecular flexibility index (Phi) is 5.75. The molecule has 3 heterocycles. The van der Waals surface area contributed by atoms with Crippen molar-refractivity contribution in [1.82, 2.24) is 4.98 Å². The van der Waals surface area contributed by atoms with Crippen molar-refractivity contribution >= 4 is 28.4 Å². The Morgan fingerprint density at radius 1 is 0.778 bits per heavy atom. The van der Waals surface area contributed by atoms with Crippen LogP contribution in [-0.4, -0.2) is 4.98 Å². The highest BCUT2D eigenvalue weighted by Crippen LogP contribution is 2.17. The molecule has 0 bridgehead atoms. The molecule has 0 aliphatic carbocycles. The first kappa shape index (κ1) is 18.9. The van der Waals surface area contributed by atoms with Crippen LogP contribution in [0, 0.1) is 10.2 Å². The fourth-order valence-corrected chi connectivity index (χ4v) is 2.74. The third-order valence-corrected chi connectivity index (χ3v) is 3.81. The lowest BCUT2D eigenvalue weighted by atomic mass is 10.1. The molecular weight excluding hydrogens is 368 g/mol. The standard InChI is InChI=1S/C20H15N2.ClHO4/c1-2-9-19-16(6-1)13-15-22-18(8-5-10-20(19)22)12-11-17-7-3-4-14-21-17;2-1(3,4)5/h1-15H;(H,2,3,4,5)/q+1;/p-1/b12-11+;. The van der Waals surface area contributed by atoms with Crippen LogP contribution in [0.15, 0.2) is 79.1 Å². The summed E-state index contributed by atoms with van der Waals surface area (Å²) in [7, 11) is -4.94. The Bertz CT molecular complexity index is 1070. The molecule has 0 radical (unpaired) electrons. The van der Waals surface area contributed by atoms with Crippen molar-refractivity contribution in [2.45, 2.75) is 0 Å². The lowest BCUT2D eigenvalue weighted by Gasteiger charge is -2.17.